The van der Waals surface area contributed by atoms with Crippen LogP contribution in [0.2, 0.25) is 0 Å². The van der Waals surface area contributed by atoms with E-state index >= 15 is 0 Å². The Labute approximate surface area is 110 Å². The lowest BCUT2D eigenvalue weighted by molar-refractivity contribution is 0.281. The molecule has 1 N–H and O–H groups in total. The van der Waals surface area contributed by atoms with Crippen LogP contribution in [-0.2, 0) is 6.54 Å². The molecule has 0 aliphatic carbocycles. The first-order valence-corrected chi connectivity index (χ1v) is 7.70. The molecule has 1 heterocycles. The van der Waals surface area contributed by atoms with E-state index in [4.69, 9.17) is 0 Å². The van der Waals surface area contributed by atoms with Gasteiger partial charge in [0.25, 0.3) is 0 Å². The molecule has 0 amide bonds. The molecular formula is C14H26N2S. The van der Waals surface area contributed by atoms with Crippen molar-refractivity contribution in [3.63, 3.8) is 0 Å². The normalized spacial score (nSPS) is 11.2. The smallest absolute Gasteiger partial charge is 0.0328 e. The minimum atomic E-state index is 1.10. The van der Waals surface area contributed by atoms with Crippen LogP contribution in [0.1, 0.15) is 38.0 Å². The summed E-state index contributed by atoms with van der Waals surface area (Å²) in [5.41, 5.74) is 0. The highest BCUT2D eigenvalue weighted by molar-refractivity contribution is 7.09. The summed E-state index contributed by atoms with van der Waals surface area (Å²) in [6.45, 7) is 10.2. The van der Waals surface area contributed by atoms with E-state index in [2.05, 4.69) is 41.6 Å². The van der Waals surface area contributed by atoms with Gasteiger partial charge in [0.05, 0.1) is 0 Å². The number of hydrogen-bond donors (Lipinski definition) is 1. The molecule has 0 radical (unpaired) electrons. The molecule has 1 aromatic rings. The second-order valence-electron chi connectivity index (χ2n) is 4.41. The third-order valence-electron chi connectivity index (χ3n) is 2.97. The Bertz CT molecular complexity index is 259. The van der Waals surface area contributed by atoms with Gasteiger partial charge >= 0.3 is 0 Å². The lowest BCUT2D eigenvalue weighted by atomic mass is 10.2. The van der Waals surface area contributed by atoms with Crippen LogP contribution in [0.3, 0.4) is 0 Å². The quantitative estimate of drug-likeness (QED) is 0.644. The summed E-state index contributed by atoms with van der Waals surface area (Å²) in [6, 6.07) is 4.36. The van der Waals surface area contributed by atoms with Crippen molar-refractivity contribution in [2.24, 2.45) is 0 Å². The van der Waals surface area contributed by atoms with Gasteiger partial charge in [0.2, 0.25) is 0 Å². The fraction of sp³-hybridized carbons (Fsp3) is 0.714. The second kappa shape index (κ2) is 9.63. The molecule has 0 spiro atoms. The van der Waals surface area contributed by atoms with Gasteiger partial charge in [0.15, 0.2) is 0 Å². The van der Waals surface area contributed by atoms with Crippen LogP contribution in [0.4, 0.5) is 0 Å². The molecule has 0 saturated carbocycles. The summed E-state index contributed by atoms with van der Waals surface area (Å²) < 4.78 is 0. The Morgan fingerprint density at radius 1 is 1.24 bits per heavy atom. The third kappa shape index (κ3) is 6.81. The molecule has 0 bridgehead atoms. The summed E-state index contributed by atoms with van der Waals surface area (Å²) in [7, 11) is 0. The van der Waals surface area contributed by atoms with Gasteiger partial charge in [-0.2, -0.15) is 0 Å². The van der Waals surface area contributed by atoms with E-state index in [0.717, 1.165) is 26.2 Å². The Balaban J connectivity index is 2.06. The molecule has 0 aliphatic rings. The highest BCUT2D eigenvalue weighted by atomic mass is 32.1. The summed E-state index contributed by atoms with van der Waals surface area (Å²) >= 11 is 1.85. The number of rotatable bonds is 10. The molecule has 98 valence electrons. The first-order chi connectivity index (χ1) is 8.36. The van der Waals surface area contributed by atoms with Crippen molar-refractivity contribution < 1.29 is 0 Å². The van der Waals surface area contributed by atoms with Gasteiger partial charge in [0.1, 0.15) is 0 Å². The van der Waals surface area contributed by atoms with Crippen LogP contribution >= 0.6 is 11.3 Å². The van der Waals surface area contributed by atoms with Gasteiger partial charge in [0, 0.05) is 24.5 Å². The first-order valence-electron chi connectivity index (χ1n) is 6.82. The summed E-state index contributed by atoms with van der Waals surface area (Å²) in [4.78, 5) is 3.97. The number of nitrogens with one attached hydrogen (secondary N) is 1. The lowest BCUT2D eigenvalue weighted by Crippen LogP contribution is -2.31. The predicted octanol–water partition coefficient (Wildman–Crippen LogP) is 3.35. The Hall–Kier alpha value is -0.380. The van der Waals surface area contributed by atoms with E-state index in [9.17, 15) is 0 Å². The van der Waals surface area contributed by atoms with Gasteiger partial charge in [-0.05, 0) is 31.0 Å². The Morgan fingerprint density at radius 2 is 2.12 bits per heavy atom. The minimum Gasteiger partial charge on any atom is -0.315 e. The molecule has 17 heavy (non-hydrogen) atoms. The van der Waals surface area contributed by atoms with E-state index in [1.807, 2.05) is 11.3 Å². The van der Waals surface area contributed by atoms with Gasteiger partial charge < -0.3 is 5.32 Å². The van der Waals surface area contributed by atoms with Crippen molar-refractivity contribution in [2.75, 3.05) is 26.2 Å². The molecule has 1 rings (SSSR count). The molecule has 0 aliphatic heterocycles. The van der Waals surface area contributed by atoms with Crippen molar-refractivity contribution >= 4 is 11.3 Å². The van der Waals surface area contributed by atoms with Crippen LogP contribution < -0.4 is 5.32 Å². The van der Waals surface area contributed by atoms with Gasteiger partial charge in [-0.25, -0.2) is 0 Å². The summed E-state index contributed by atoms with van der Waals surface area (Å²) in [5.74, 6) is 0. The lowest BCUT2D eigenvalue weighted by Gasteiger charge is -2.19. The molecular weight excluding hydrogens is 228 g/mol. The Morgan fingerprint density at radius 3 is 2.76 bits per heavy atom. The monoisotopic (exact) mass is 254 g/mol. The number of thiophene rings is 1. The van der Waals surface area contributed by atoms with Crippen LogP contribution in [0.5, 0.6) is 0 Å². The van der Waals surface area contributed by atoms with Gasteiger partial charge in [-0.1, -0.05) is 32.8 Å². The maximum atomic E-state index is 3.53. The van der Waals surface area contributed by atoms with E-state index in [1.165, 1.54) is 30.7 Å². The van der Waals surface area contributed by atoms with Gasteiger partial charge in [-0.15, -0.1) is 11.3 Å². The predicted molar refractivity (Wildman–Crippen MR) is 77.7 cm³/mol. The fourth-order valence-corrected chi connectivity index (χ4v) is 2.58. The number of unbranched alkanes of at least 4 members (excludes halogenated alkanes) is 2. The molecule has 0 saturated heterocycles. The zero-order chi connectivity index (χ0) is 12.3. The van der Waals surface area contributed by atoms with E-state index in [0.29, 0.717) is 0 Å². The SMILES string of the molecule is CCCCCNCCN(CC)Cc1cccs1. The molecule has 2 nitrogen and oxygen atoms in total. The third-order valence-corrected chi connectivity index (χ3v) is 3.83. The number of likely N-dealkylation sites (N-methyl/N-ethyl adjacent to an activating group) is 1. The molecule has 0 atom stereocenters. The summed E-state index contributed by atoms with van der Waals surface area (Å²) in [5, 5.41) is 5.69. The van der Waals surface area contributed by atoms with E-state index in [-0.39, 0.29) is 0 Å². The first kappa shape index (κ1) is 14.7. The maximum Gasteiger partial charge on any atom is 0.0328 e. The standard InChI is InChI=1S/C14H26N2S/c1-3-5-6-9-15-10-11-16(4-2)13-14-8-7-12-17-14/h7-8,12,15H,3-6,9-11,13H2,1-2H3. The van der Waals surface area contributed by atoms with Crippen molar-refractivity contribution in [3.05, 3.63) is 22.4 Å². The minimum absolute atomic E-state index is 1.10. The van der Waals surface area contributed by atoms with Crippen molar-refractivity contribution in [1.82, 2.24) is 10.2 Å². The average Bonchev–Trinajstić information content (AvgIpc) is 2.85. The zero-order valence-electron chi connectivity index (χ0n) is 11.2. The fourth-order valence-electron chi connectivity index (χ4n) is 1.83. The van der Waals surface area contributed by atoms with Crippen LogP contribution in [0.15, 0.2) is 17.5 Å². The Kier molecular flexibility index (Phi) is 8.32. The average molecular weight is 254 g/mol. The van der Waals surface area contributed by atoms with Crippen LogP contribution in [0.25, 0.3) is 0 Å². The second-order valence-corrected chi connectivity index (χ2v) is 5.44. The molecule has 0 aromatic carbocycles. The van der Waals surface area contributed by atoms with E-state index in [1.54, 1.807) is 0 Å². The molecule has 1 aromatic heterocycles. The van der Waals surface area contributed by atoms with Crippen molar-refractivity contribution in [3.8, 4) is 0 Å². The molecule has 3 heteroatoms. The van der Waals surface area contributed by atoms with Gasteiger partial charge in [-0.3, -0.25) is 4.90 Å². The highest BCUT2D eigenvalue weighted by Crippen LogP contribution is 2.11. The van der Waals surface area contributed by atoms with Crippen LogP contribution in [-0.4, -0.2) is 31.1 Å². The van der Waals surface area contributed by atoms with Crippen LogP contribution in [0, 0.1) is 0 Å². The van der Waals surface area contributed by atoms with Crippen molar-refractivity contribution in [2.45, 2.75) is 39.7 Å². The van der Waals surface area contributed by atoms with E-state index < -0.39 is 0 Å². The largest absolute Gasteiger partial charge is 0.315 e. The van der Waals surface area contributed by atoms with Crippen molar-refractivity contribution in [1.29, 1.82) is 0 Å². The molecule has 0 unspecified atom stereocenters. The maximum absolute atomic E-state index is 3.53. The zero-order valence-corrected chi connectivity index (χ0v) is 12.1. The highest BCUT2D eigenvalue weighted by Gasteiger charge is 2.03. The number of hydrogen-bond acceptors (Lipinski definition) is 3. The molecule has 0 fully saturated rings. The summed E-state index contributed by atoms with van der Waals surface area (Å²) in [6.07, 6.45) is 3.97. The topological polar surface area (TPSA) is 15.3 Å². The number of nitrogens with zero attached hydrogens (tertiary/aromatic N) is 1.